The van der Waals surface area contributed by atoms with Crippen molar-refractivity contribution in [2.75, 3.05) is 6.54 Å². The minimum Gasteiger partial charge on any atom is -0.309 e. The van der Waals surface area contributed by atoms with E-state index < -0.39 is 0 Å². The predicted octanol–water partition coefficient (Wildman–Crippen LogP) is 5.30. The molecule has 19 heavy (non-hydrogen) atoms. The SMILES string of the molecule is C=C(CC)CC(NCCC)c1cc2ccccc2s1. The second-order valence-electron chi connectivity index (χ2n) is 5.00. The lowest BCUT2D eigenvalue weighted by Gasteiger charge is -2.18. The Morgan fingerprint density at radius 3 is 2.79 bits per heavy atom. The van der Waals surface area contributed by atoms with E-state index in [2.05, 4.69) is 56.1 Å². The van der Waals surface area contributed by atoms with Gasteiger partial charge in [-0.2, -0.15) is 0 Å². The summed E-state index contributed by atoms with van der Waals surface area (Å²) < 4.78 is 1.38. The lowest BCUT2D eigenvalue weighted by atomic mass is 10.0. The van der Waals surface area contributed by atoms with Crippen LogP contribution in [-0.4, -0.2) is 6.54 Å². The lowest BCUT2D eigenvalue weighted by Crippen LogP contribution is -2.21. The van der Waals surface area contributed by atoms with Crippen molar-refractivity contribution >= 4 is 21.4 Å². The average Bonchev–Trinajstić information content (AvgIpc) is 2.86. The maximum Gasteiger partial charge on any atom is 0.0452 e. The van der Waals surface area contributed by atoms with E-state index in [-0.39, 0.29) is 0 Å². The van der Waals surface area contributed by atoms with Gasteiger partial charge in [-0.3, -0.25) is 0 Å². The van der Waals surface area contributed by atoms with Crippen LogP contribution in [0.15, 0.2) is 42.5 Å². The summed E-state index contributed by atoms with van der Waals surface area (Å²) in [5.41, 5.74) is 1.33. The van der Waals surface area contributed by atoms with E-state index in [4.69, 9.17) is 0 Å². The molecule has 0 aliphatic rings. The molecule has 1 atom stereocenters. The van der Waals surface area contributed by atoms with E-state index in [1.54, 1.807) is 0 Å². The highest BCUT2D eigenvalue weighted by Crippen LogP contribution is 2.32. The highest BCUT2D eigenvalue weighted by atomic mass is 32.1. The van der Waals surface area contributed by atoms with Gasteiger partial charge < -0.3 is 5.32 Å². The van der Waals surface area contributed by atoms with Gasteiger partial charge in [0.05, 0.1) is 0 Å². The molecule has 102 valence electrons. The van der Waals surface area contributed by atoms with E-state index >= 15 is 0 Å². The highest BCUT2D eigenvalue weighted by Gasteiger charge is 2.14. The van der Waals surface area contributed by atoms with Crippen LogP contribution in [0.1, 0.15) is 44.0 Å². The molecule has 1 aromatic carbocycles. The van der Waals surface area contributed by atoms with Crippen LogP contribution in [0.3, 0.4) is 0 Å². The molecule has 1 unspecified atom stereocenters. The summed E-state index contributed by atoms with van der Waals surface area (Å²) in [6.45, 7) is 9.63. The Kier molecular flexibility index (Phi) is 5.17. The van der Waals surface area contributed by atoms with Gasteiger partial charge in [0.25, 0.3) is 0 Å². The number of rotatable bonds is 7. The number of thiophene rings is 1. The van der Waals surface area contributed by atoms with Gasteiger partial charge in [-0.1, -0.05) is 44.2 Å². The Bertz CT molecular complexity index is 508. The summed E-state index contributed by atoms with van der Waals surface area (Å²) in [5.74, 6) is 0. The Balaban J connectivity index is 2.22. The highest BCUT2D eigenvalue weighted by molar-refractivity contribution is 7.19. The molecule has 0 saturated carbocycles. The van der Waals surface area contributed by atoms with Gasteiger partial charge in [0.2, 0.25) is 0 Å². The third-order valence-corrected chi connectivity index (χ3v) is 4.65. The molecule has 0 aliphatic heterocycles. The molecule has 0 amide bonds. The molecule has 2 heteroatoms. The summed E-state index contributed by atoms with van der Waals surface area (Å²) in [7, 11) is 0. The van der Waals surface area contributed by atoms with Crippen LogP contribution in [-0.2, 0) is 0 Å². The molecule has 1 heterocycles. The van der Waals surface area contributed by atoms with Crippen LogP contribution in [0.4, 0.5) is 0 Å². The summed E-state index contributed by atoms with van der Waals surface area (Å²) in [6.07, 6.45) is 3.28. The quantitative estimate of drug-likeness (QED) is 0.675. The van der Waals surface area contributed by atoms with Crippen molar-refractivity contribution in [3.8, 4) is 0 Å². The van der Waals surface area contributed by atoms with Gasteiger partial charge in [0.1, 0.15) is 0 Å². The zero-order valence-electron chi connectivity index (χ0n) is 11.9. The fourth-order valence-corrected chi connectivity index (χ4v) is 3.34. The monoisotopic (exact) mass is 273 g/mol. The number of hydrogen-bond donors (Lipinski definition) is 1. The zero-order chi connectivity index (χ0) is 13.7. The lowest BCUT2D eigenvalue weighted by molar-refractivity contribution is 0.531. The maximum atomic E-state index is 4.17. The number of nitrogens with one attached hydrogen (secondary N) is 1. The van der Waals surface area contributed by atoms with Crippen LogP contribution in [0.5, 0.6) is 0 Å². The van der Waals surface area contributed by atoms with Crippen molar-refractivity contribution < 1.29 is 0 Å². The van der Waals surface area contributed by atoms with E-state index in [0.717, 1.165) is 19.4 Å². The first-order valence-electron chi connectivity index (χ1n) is 7.13. The minimum absolute atomic E-state index is 0.421. The number of fused-ring (bicyclic) bond motifs is 1. The molecule has 0 fully saturated rings. The van der Waals surface area contributed by atoms with Crippen molar-refractivity contribution in [1.29, 1.82) is 0 Å². The summed E-state index contributed by atoms with van der Waals surface area (Å²) in [5, 5.41) is 5.02. The molecule has 1 aromatic heterocycles. The van der Waals surface area contributed by atoms with Crippen LogP contribution in [0, 0.1) is 0 Å². The van der Waals surface area contributed by atoms with Crippen LogP contribution < -0.4 is 5.32 Å². The third-order valence-electron chi connectivity index (χ3n) is 3.42. The van der Waals surface area contributed by atoms with Gasteiger partial charge in [0, 0.05) is 15.6 Å². The largest absolute Gasteiger partial charge is 0.309 e. The zero-order valence-corrected chi connectivity index (χ0v) is 12.7. The van der Waals surface area contributed by atoms with E-state index in [0.29, 0.717) is 6.04 Å². The van der Waals surface area contributed by atoms with E-state index in [1.165, 1.54) is 27.0 Å². The fraction of sp³-hybridized carbons (Fsp3) is 0.412. The Labute approximate surface area is 120 Å². The van der Waals surface area contributed by atoms with Crippen LogP contribution in [0.2, 0.25) is 0 Å². The summed E-state index contributed by atoms with van der Waals surface area (Å²) >= 11 is 1.90. The first kappa shape index (κ1) is 14.3. The molecule has 2 aromatic rings. The molecular formula is C17H23NS. The van der Waals surface area contributed by atoms with Crippen LogP contribution >= 0.6 is 11.3 Å². The minimum atomic E-state index is 0.421. The molecular weight excluding hydrogens is 250 g/mol. The van der Waals surface area contributed by atoms with Crippen molar-refractivity contribution in [2.24, 2.45) is 0 Å². The molecule has 1 N–H and O–H groups in total. The second-order valence-corrected chi connectivity index (χ2v) is 6.12. The molecule has 0 aliphatic carbocycles. The summed E-state index contributed by atoms with van der Waals surface area (Å²) in [6, 6.07) is 11.4. The van der Waals surface area contributed by atoms with Gasteiger partial charge in [-0.15, -0.1) is 11.3 Å². The van der Waals surface area contributed by atoms with E-state index in [9.17, 15) is 0 Å². The van der Waals surface area contributed by atoms with Gasteiger partial charge in [-0.25, -0.2) is 0 Å². The fourth-order valence-electron chi connectivity index (χ4n) is 2.20. The normalized spacial score (nSPS) is 12.7. The number of benzene rings is 1. The first-order chi connectivity index (χ1) is 9.24. The Hall–Kier alpha value is -1.12. The molecule has 0 spiro atoms. The van der Waals surface area contributed by atoms with Crippen molar-refractivity contribution in [3.05, 3.63) is 47.4 Å². The van der Waals surface area contributed by atoms with E-state index in [1.807, 2.05) is 11.3 Å². The Morgan fingerprint density at radius 2 is 2.11 bits per heavy atom. The molecule has 0 bridgehead atoms. The van der Waals surface area contributed by atoms with Crippen molar-refractivity contribution in [1.82, 2.24) is 5.32 Å². The first-order valence-corrected chi connectivity index (χ1v) is 7.94. The Morgan fingerprint density at radius 1 is 1.32 bits per heavy atom. The maximum absolute atomic E-state index is 4.17. The van der Waals surface area contributed by atoms with Gasteiger partial charge >= 0.3 is 0 Å². The molecule has 1 nitrogen and oxygen atoms in total. The topological polar surface area (TPSA) is 12.0 Å². The van der Waals surface area contributed by atoms with Crippen molar-refractivity contribution in [2.45, 2.75) is 39.2 Å². The number of hydrogen-bond acceptors (Lipinski definition) is 2. The molecule has 0 saturated heterocycles. The smallest absolute Gasteiger partial charge is 0.0452 e. The van der Waals surface area contributed by atoms with Gasteiger partial charge in [-0.05, 0) is 43.3 Å². The molecule has 0 radical (unpaired) electrons. The van der Waals surface area contributed by atoms with Crippen LogP contribution in [0.25, 0.3) is 10.1 Å². The predicted molar refractivity (Wildman–Crippen MR) is 86.9 cm³/mol. The van der Waals surface area contributed by atoms with Gasteiger partial charge in [0.15, 0.2) is 0 Å². The standard InChI is InChI=1S/C17H23NS/c1-4-10-18-15(11-13(3)5-2)17-12-14-8-6-7-9-16(14)19-17/h6-9,12,15,18H,3-5,10-11H2,1-2H3. The van der Waals surface area contributed by atoms with Crippen molar-refractivity contribution in [3.63, 3.8) is 0 Å². The average molecular weight is 273 g/mol. The molecule has 2 rings (SSSR count). The second kappa shape index (κ2) is 6.88. The third kappa shape index (κ3) is 3.68. The summed E-state index contributed by atoms with van der Waals surface area (Å²) in [4.78, 5) is 1.43.